The quantitative estimate of drug-likeness (QED) is 0.154. The monoisotopic (exact) mass is 490 g/mol. The Hall–Kier alpha value is -3.97. The van der Waals surface area contributed by atoms with Crippen molar-refractivity contribution < 1.29 is 34.2 Å². The number of carboxylic acids is 1. The number of benzene rings is 1. The van der Waals surface area contributed by atoms with E-state index in [1.54, 1.807) is 6.20 Å². The molecule has 10 N–H and O–H groups in total. The highest BCUT2D eigenvalue weighted by molar-refractivity contribution is 5.94. The predicted octanol–water partition coefficient (Wildman–Crippen LogP) is -2.15. The Morgan fingerprint density at radius 1 is 1.00 bits per heavy atom. The number of hydrogen-bond donors (Lipinski definition) is 8. The van der Waals surface area contributed by atoms with Crippen LogP contribution in [0.25, 0.3) is 10.9 Å². The first-order valence-electron chi connectivity index (χ1n) is 10.9. The van der Waals surface area contributed by atoms with Gasteiger partial charge in [0, 0.05) is 29.9 Å². The van der Waals surface area contributed by atoms with E-state index >= 15 is 0 Å². The number of rotatable bonds is 13. The van der Waals surface area contributed by atoms with Crippen LogP contribution in [-0.4, -0.2) is 75.6 Å². The molecule has 0 aliphatic rings. The normalized spacial score (nSPS) is 14.4. The van der Waals surface area contributed by atoms with Gasteiger partial charge in [-0.25, -0.2) is 4.79 Å². The molecule has 4 atom stereocenters. The molecule has 13 heteroatoms. The van der Waals surface area contributed by atoms with Crippen LogP contribution in [0, 0.1) is 0 Å². The number of hydrogen-bond acceptors (Lipinski definition) is 7. The minimum absolute atomic E-state index is 0.0461. The predicted molar refractivity (Wildman–Crippen MR) is 125 cm³/mol. The zero-order valence-corrected chi connectivity index (χ0v) is 19.1. The minimum Gasteiger partial charge on any atom is -0.480 e. The highest BCUT2D eigenvalue weighted by Gasteiger charge is 2.29. The molecule has 0 fully saturated rings. The van der Waals surface area contributed by atoms with Crippen LogP contribution in [-0.2, 0) is 30.4 Å². The van der Waals surface area contributed by atoms with Crippen LogP contribution in [0.1, 0.15) is 25.3 Å². The molecule has 0 bridgehead atoms. The van der Waals surface area contributed by atoms with E-state index in [2.05, 4.69) is 20.9 Å². The summed E-state index contributed by atoms with van der Waals surface area (Å²) in [6.45, 7) is 0.707. The third-order valence-electron chi connectivity index (χ3n) is 5.31. The van der Waals surface area contributed by atoms with Crippen LogP contribution >= 0.6 is 0 Å². The van der Waals surface area contributed by atoms with Crippen molar-refractivity contribution in [1.82, 2.24) is 20.9 Å². The highest BCUT2D eigenvalue weighted by atomic mass is 16.4. The van der Waals surface area contributed by atoms with E-state index in [9.17, 15) is 29.1 Å². The minimum atomic E-state index is -1.38. The van der Waals surface area contributed by atoms with Gasteiger partial charge in [-0.1, -0.05) is 18.2 Å². The first-order valence-corrected chi connectivity index (χ1v) is 10.9. The lowest BCUT2D eigenvalue weighted by atomic mass is 10.0. The zero-order chi connectivity index (χ0) is 26.1. The van der Waals surface area contributed by atoms with Crippen LogP contribution in [0.5, 0.6) is 0 Å². The Balaban J connectivity index is 2.14. The number of carbonyl (C=O) groups excluding carboxylic acids is 4. The maximum Gasteiger partial charge on any atom is 0.326 e. The molecule has 2 rings (SSSR count). The summed E-state index contributed by atoms with van der Waals surface area (Å²) in [6, 6.07) is 2.38. The molecule has 0 saturated carbocycles. The van der Waals surface area contributed by atoms with Crippen molar-refractivity contribution >= 4 is 40.5 Å². The first-order chi connectivity index (χ1) is 16.5. The van der Waals surface area contributed by atoms with Gasteiger partial charge in [0.05, 0.1) is 6.61 Å². The number of amides is 4. The van der Waals surface area contributed by atoms with Gasteiger partial charge in [-0.2, -0.15) is 0 Å². The molecule has 1 heterocycles. The van der Waals surface area contributed by atoms with Gasteiger partial charge in [-0.15, -0.1) is 0 Å². The van der Waals surface area contributed by atoms with Crippen LogP contribution in [0.3, 0.4) is 0 Å². The molecule has 4 unspecified atom stereocenters. The molecule has 4 amide bonds. The Kier molecular flexibility index (Phi) is 9.73. The smallest absolute Gasteiger partial charge is 0.326 e. The second-order valence-electron chi connectivity index (χ2n) is 8.05. The zero-order valence-electron chi connectivity index (χ0n) is 19.1. The van der Waals surface area contributed by atoms with Crippen molar-refractivity contribution in [3.63, 3.8) is 0 Å². The second-order valence-corrected chi connectivity index (χ2v) is 8.05. The van der Waals surface area contributed by atoms with E-state index in [0.717, 1.165) is 10.9 Å². The summed E-state index contributed by atoms with van der Waals surface area (Å²) in [5.41, 5.74) is 12.1. The van der Waals surface area contributed by atoms with Gasteiger partial charge in [-0.05, 0) is 25.0 Å². The van der Waals surface area contributed by atoms with E-state index < -0.39 is 60.4 Å². The van der Waals surface area contributed by atoms with Gasteiger partial charge in [0.15, 0.2) is 0 Å². The fourth-order valence-corrected chi connectivity index (χ4v) is 3.31. The summed E-state index contributed by atoms with van der Waals surface area (Å²) >= 11 is 0. The number of nitrogens with one attached hydrogen (secondary N) is 4. The molecule has 13 nitrogen and oxygen atoms in total. The van der Waals surface area contributed by atoms with Crippen molar-refractivity contribution in [2.45, 2.75) is 50.4 Å². The largest absolute Gasteiger partial charge is 0.480 e. The number of fused-ring (bicyclic) bond motifs is 1. The number of aromatic amines is 1. The van der Waals surface area contributed by atoms with Gasteiger partial charge in [-0.3, -0.25) is 19.2 Å². The summed E-state index contributed by atoms with van der Waals surface area (Å²) < 4.78 is 0. The molecule has 1 aromatic heterocycles. The highest BCUT2D eigenvalue weighted by Crippen LogP contribution is 2.19. The molecule has 0 aliphatic carbocycles. The van der Waals surface area contributed by atoms with Gasteiger partial charge in [0.2, 0.25) is 23.6 Å². The topological polar surface area (TPSA) is 230 Å². The molecule has 0 spiro atoms. The fourth-order valence-electron chi connectivity index (χ4n) is 3.31. The van der Waals surface area contributed by atoms with Crippen molar-refractivity contribution in [3.8, 4) is 0 Å². The number of para-hydroxylation sites is 1. The van der Waals surface area contributed by atoms with Crippen molar-refractivity contribution in [2.75, 3.05) is 6.61 Å². The third-order valence-corrected chi connectivity index (χ3v) is 5.31. The van der Waals surface area contributed by atoms with E-state index in [-0.39, 0.29) is 19.3 Å². The number of H-pyrrole nitrogens is 1. The van der Waals surface area contributed by atoms with Gasteiger partial charge < -0.3 is 42.6 Å². The number of aromatic nitrogens is 1. The lowest BCUT2D eigenvalue weighted by Gasteiger charge is -2.23. The van der Waals surface area contributed by atoms with Crippen molar-refractivity contribution in [2.24, 2.45) is 11.5 Å². The molecule has 1 aromatic carbocycles. The maximum atomic E-state index is 13.0. The summed E-state index contributed by atoms with van der Waals surface area (Å²) in [5.74, 6) is -4.37. The van der Waals surface area contributed by atoms with Gasteiger partial charge in [0.25, 0.3) is 0 Å². The second kappa shape index (κ2) is 12.5. The molecular formula is C22H30N6O7. The number of carboxylic acid groups (broad SMARTS) is 1. The van der Waals surface area contributed by atoms with E-state index in [4.69, 9.17) is 16.6 Å². The lowest BCUT2D eigenvalue weighted by Crippen LogP contribution is -2.57. The van der Waals surface area contributed by atoms with Gasteiger partial charge in [0.1, 0.15) is 24.2 Å². The van der Waals surface area contributed by atoms with Crippen LogP contribution in [0.15, 0.2) is 30.5 Å². The summed E-state index contributed by atoms with van der Waals surface area (Å²) in [6.07, 6.45) is 1.27. The Morgan fingerprint density at radius 2 is 1.66 bits per heavy atom. The molecule has 190 valence electrons. The Labute approximate surface area is 200 Å². The summed E-state index contributed by atoms with van der Waals surface area (Å²) in [7, 11) is 0. The van der Waals surface area contributed by atoms with Crippen LogP contribution < -0.4 is 27.4 Å². The number of aliphatic hydroxyl groups is 1. The average molecular weight is 491 g/mol. The SMILES string of the molecule is CC(NC(=O)C(Cc1c[nH]c2ccccc12)NC(=O)C(N)CO)C(=O)NC(CCC(N)=O)C(=O)O. The third kappa shape index (κ3) is 7.79. The Bertz CT molecular complexity index is 1090. The van der Waals surface area contributed by atoms with E-state index in [1.807, 2.05) is 24.3 Å². The molecule has 0 radical (unpaired) electrons. The van der Waals surface area contributed by atoms with Crippen LogP contribution in [0.4, 0.5) is 0 Å². The van der Waals surface area contributed by atoms with Crippen molar-refractivity contribution in [3.05, 3.63) is 36.0 Å². The van der Waals surface area contributed by atoms with E-state index in [1.165, 1.54) is 6.92 Å². The maximum absolute atomic E-state index is 13.0. The number of primary amides is 1. The standard InChI is InChI=1S/C22H30N6O7/c1-11(19(31)27-16(22(34)35)6-7-18(24)30)26-21(33)17(28-20(32)14(23)10-29)8-12-9-25-15-5-3-2-4-13(12)15/h2-5,9,11,14,16-17,25,29H,6-8,10,23H2,1H3,(H2,24,30)(H,26,33)(H,27,31)(H,28,32)(H,34,35). The molecule has 2 aromatic rings. The molecular weight excluding hydrogens is 460 g/mol. The van der Waals surface area contributed by atoms with Crippen molar-refractivity contribution in [1.29, 1.82) is 0 Å². The number of carbonyl (C=O) groups is 5. The molecule has 0 saturated heterocycles. The van der Waals surface area contributed by atoms with Gasteiger partial charge >= 0.3 is 5.97 Å². The Morgan fingerprint density at radius 3 is 2.29 bits per heavy atom. The summed E-state index contributed by atoms with van der Waals surface area (Å²) in [4.78, 5) is 63.1. The van der Waals surface area contributed by atoms with E-state index in [0.29, 0.717) is 5.56 Å². The molecule has 0 aliphatic heterocycles. The number of nitrogens with two attached hydrogens (primary N) is 2. The first kappa shape index (κ1) is 27.3. The average Bonchev–Trinajstić information content (AvgIpc) is 3.22. The lowest BCUT2D eigenvalue weighted by molar-refractivity contribution is -0.142. The van der Waals surface area contributed by atoms with Crippen LogP contribution in [0.2, 0.25) is 0 Å². The number of aliphatic carboxylic acids is 1. The number of aliphatic hydroxyl groups excluding tert-OH is 1. The fraction of sp³-hybridized carbons (Fsp3) is 0.409. The molecule has 35 heavy (non-hydrogen) atoms. The summed E-state index contributed by atoms with van der Waals surface area (Å²) in [5, 5.41) is 26.4.